The van der Waals surface area contributed by atoms with E-state index in [0.29, 0.717) is 0 Å². The minimum Gasteiger partial charge on any atom is -0.380 e. The summed E-state index contributed by atoms with van der Waals surface area (Å²) in [6, 6.07) is 6.07. The molecule has 0 amide bonds. The molecule has 0 bridgehead atoms. The van der Waals surface area contributed by atoms with Crippen LogP contribution in [0, 0.1) is 5.82 Å². The van der Waals surface area contributed by atoms with E-state index in [1.165, 1.54) is 23.9 Å². The quantitative estimate of drug-likeness (QED) is 0.566. The Morgan fingerprint density at radius 3 is 2.17 bits per heavy atom. The van der Waals surface area contributed by atoms with Gasteiger partial charge in [-0.05, 0) is 38.1 Å². The monoisotopic (exact) mass is 186 g/mol. The van der Waals surface area contributed by atoms with Crippen molar-refractivity contribution in [2.45, 2.75) is 23.7 Å². The Hall–Kier alpha value is -0.540. The van der Waals surface area contributed by atoms with Gasteiger partial charge in [0, 0.05) is 4.90 Å². The lowest BCUT2D eigenvalue weighted by atomic mass is 10.3. The first-order valence-corrected chi connectivity index (χ1v) is 4.46. The van der Waals surface area contributed by atoms with E-state index in [2.05, 4.69) is 0 Å². The summed E-state index contributed by atoms with van der Waals surface area (Å²) >= 11 is 1.30. The van der Waals surface area contributed by atoms with Gasteiger partial charge in [0.2, 0.25) is 0 Å². The molecule has 0 saturated carbocycles. The van der Waals surface area contributed by atoms with Gasteiger partial charge >= 0.3 is 0 Å². The SMILES string of the molecule is CC(C)(O)Sc1ccc(F)cc1. The predicted octanol–water partition coefficient (Wildman–Crippen LogP) is 2.65. The Balaban J connectivity index is 2.71. The smallest absolute Gasteiger partial charge is 0.123 e. The first-order valence-electron chi connectivity index (χ1n) is 3.64. The molecule has 0 atom stereocenters. The van der Waals surface area contributed by atoms with Gasteiger partial charge in [0.1, 0.15) is 10.8 Å². The van der Waals surface area contributed by atoms with Gasteiger partial charge in [-0.1, -0.05) is 11.8 Å². The van der Waals surface area contributed by atoms with E-state index in [1.54, 1.807) is 26.0 Å². The lowest BCUT2D eigenvalue weighted by Crippen LogP contribution is -2.11. The number of benzene rings is 1. The second-order valence-corrected chi connectivity index (χ2v) is 4.68. The molecule has 0 radical (unpaired) electrons. The Kier molecular flexibility index (Phi) is 2.75. The highest BCUT2D eigenvalue weighted by molar-refractivity contribution is 8.00. The van der Waals surface area contributed by atoms with Crippen LogP contribution in [0.2, 0.25) is 0 Å². The zero-order valence-corrected chi connectivity index (χ0v) is 7.86. The van der Waals surface area contributed by atoms with Crippen molar-refractivity contribution in [1.29, 1.82) is 0 Å². The first-order chi connectivity index (χ1) is 5.47. The largest absolute Gasteiger partial charge is 0.380 e. The minimum absolute atomic E-state index is 0.255. The topological polar surface area (TPSA) is 20.2 Å². The van der Waals surface area contributed by atoms with Crippen LogP contribution < -0.4 is 0 Å². The third-order valence-corrected chi connectivity index (χ3v) is 2.19. The van der Waals surface area contributed by atoms with Gasteiger partial charge in [0.05, 0.1) is 0 Å². The van der Waals surface area contributed by atoms with Crippen LogP contribution in [-0.2, 0) is 0 Å². The van der Waals surface area contributed by atoms with E-state index in [0.717, 1.165) is 4.90 Å². The lowest BCUT2D eigenvalue weighted by molar-refractivity contribution is 0.179. The summed E-state index contributed by atoms with van der Waals surface area (Å²) in [6.45, 7) is 3.39. The van der Waals surface area contributed by atoms with Crippen LogP contribution in [0.15, 0.2) is 29.2 Å². The summed E-state index contributed by atoms with van der Waals surface area (Å²) < 4.78 is 12.4. The summed E-state index contributed by atoms with van der Waals surface area (Å²) in [5.74, 6) is -0.255. The molecule has 0 spiro atoms. The molecule has 1 aromatic rings. The normalized spacial score (nSPS) is 11.7. The van der Waals surface area contributed by atoms with E-state index < -0.39 is 4.93 Å². The van der Waals surface area contributed by atoms with Crippen molar-refractivity contribution in [3.63, 3.8) is 0 Å². The molecule has 12 heavy (non-hydrogen) atoms. The maximum atomic E-state index is 12.4. The fourth-order valence-electron chi connectivity index (χ4n) is 0.791. The molecule has 1 aromatic carbocycles. The number of hydrogen-bond donors (Lipinski definition) is 1. The van der Waals surface area contributed by atoms with Crippen molar-refractivity contribution in [3.8, 4) is 0 Å². The summed E-state index contributed by atoms with van der Waals surface area (Å²) in [6.07, 6.45) is 0. The molecule has 0 saturated heterocycles. The molecule has 0 heterocycles. The fourth-order valence-corrected chi connectivity index (χ4v) is 1.64. The molecular formula is C9H11FOS. The van der Waals surface area contributed by atoms with Crippen LogP contribution in [0.25, 0.3) is 0 Å². The molecular weight excluding hydrogens is 175 g/mol. The zero-order chi connectivity index (χ0) is 9.19. The van der Waals surface area contributed by atoms with E-state index in [9.17, 15) is 9.50 Å². The molecule has 3 heteroatoms. The number of hydrogen-bond acceptors (Lipinski definition) is 2. The molecule has 1 nitrogen and oxygen atoms in total. The maximum Gasteiger partial charge on any atom is 0.123 e. The number of aliphatic hydroxyl groups is 1. The van der Waals surface area contributed by atoms with Gasteiger partial charge in [0.15, 0.2) is 0 Å². The average molecular weight is 186 g/mol. The van der Waals surface area contributed by atoms with Crippen LogP contribution in [-0.4, -0.2) is 10.0 Å². The van der Waals surface area contributed by atoms with Crippen molar-refractivity contribution in [3.05, 3.63) is 30.1 Å². The minimum atomic E-state index is -0.808. The highest BCUT2D eigenvalue weighted by Crippen LogP contribution is 2.29. The van der Waals surface area contributed by atoms with Crippen molar-refractivity contribution >= 4 is 11.8 Å². The fraction of sp³-hybridized carbons (Fsp3) is 0.333. The predicted molar refractivity (Wildman–Crippen MR) is 48.6 cm³/mol. The molecule has 0 unspecified atom stereocenters. The van der Waals surface area contributed by atoms with E-state index in [4.69, 9.17) is 0 Å². The molecule has 1 N–H and O–H groups in total. The Morgan fingerprint density at radius 1 is 1.25 bits per heavy atom. The van der Waals surface area contributed by atoms with Crippen LogP contribution >= 0.6 is 11.8 Å². The highest BCUT2D eigenvalue weighted by atomic mass is 32.2. The zero-order valence-electron chi connectivity index (χ0n) is 7.04. The van der Waals surface area contributed by atoms with Crippen LogP contribution in [0.4, 0.5) is 4.39 Å². The third kappa shape index (κ3) is 3.24. The Morgan fingerprint density at radius 2 is 1.75 bits per heavy atom. The van der Waals surface area contributed by atoms with Crippen molar-refractivity contribution < 1.29 is 9.50 Å². The van der Waals surface area contributed by atoms with E-state index in [1.807, 2.05) is 0 Å². The second kappa shape index (κ2) is 3.46. The maximum absolute atomic E-state index is 12.4. The summed E-state index contributed by atoms with van der Waals surface area (Å²) in [4.78, 5) is 0.0570. The van der Waals surface area contributed by atoms with Crippen molar-refractivity contribution in [2.24, 2.45) is 0 Å². The van der Waals surface area contributed by atoms with Gasteiger partial charge in [-0.3, -0.25) is 0 Å². The van der Waals surface area contributed by atoms with Crippen LogP contribution in [0.3, 0.4) is 0 Å². The summed E-state index contributed by atoms with van der Waals surface area (Å²) in [7, 11) is 0. The molecule has 66 valence electrons. The lowest BCUT2D eigenvalue weighted by Gasteiger charge is -2.15. The molecule has 0 aliphatic carbocycles. The molecule has 0 fully saturated rings. The Bertz CT molecular complexity index is 250. The van der Waals surface area contributed by atoms with E-state index >= 15 is 0 Å². The number of rotatable bonds is 2. The molecule has 0 aliphatic heterocycles. The van der Waals surface area contributed by atoms with Crippen molar-refractivity contribution in [2.75, 3.05) is 0 Å². The van der Waals surface area contributed by atoms with Gasteiger partial charge in [-0.15, -0.1) is 0 Å². The standard InChI is InChI=1S/C9H11FOS/c1-9(2,11)12-8-5-3-7(10)4-6-8/h3-6,11H,1-2H3. The summed E-state index contributed by atoms with van der Waals surface area (Å²) in [5.41, 5.74) is 0. The molecule has 1 rings (SSSR count). The Labute approximate surface area is 75.6 Å². The van der Waals surface area contributed by atoms with Gasteiger partial charge in [-0.2, -0.15) is 0 Å². The van der Waals surface area contributed by atoms with Gasteiger partial charge < -0.3 is 5.11 Å². The molecule has 0 aromatic heterocycles. The van der Waals surface area contributed by atoms with Gasteiger partial charge in [0.25, 0.3) is 0 Å². The second-order valence-electron chi connectivity index (χ2n) is 3.00. The molecule has 0 aliphatic rings. The third-order valence-electron chi connectivity index (χ3n) is 1.18. The van der Waals surface area contributed by atoms with Gasteiger partial charge in [-0.25, -0.2) is 4.39 Å². The average Bonchev–Trinajstić information content (AvgIpc) is 1.91. The van der Waals surface area contributed by atoms with Crippen LogP contribution in [0.1, 0.15) is 13.8 Å². The first kappa shape index (κ1) is 9.55. The number of thioether (sulfide) groups is 1. The van der Waals surface area contributed by atoms with Crippen LogP contribution in [0.5, 0.6) is 0 Å². The highest BCUT2D eigenvalue weighted by Gasteiger charge is 2.13. The van der Waals surface area contributed by atoms with E-state index in [-0.39, 0.29) is 5.82 Å². The van der Waals surface area contributed by atoms with Crippen molar-refractivity contribution in [1.82, 2.24) is 0 Å². The summed E-state index contributed by atoms with van der Waals surface area (Å²) in [5, 5.41) is 9.41. The number of halogens is 1.